The van der Waals surface area contributed by atoms with E-state index >= 15 is 0 Å². The van der Waals surface area contributed by atoms with Crippen molar-refractivity contribution in [3.8, 4) is 10.8 Å². The summed E-state index contributed by atoms with van der Waals surface area (Å²) in [5.74, 6) is 1.34. The number of aromatic nitrogens is 2. The first-order valence-corrected chi connectivity index (χ1v) is 7.27. The molecule has 6 heteroatoms. The maximum absolute atomic E-state index is 10.8. The first-order valence-electron chi connectivity index (χ1n) is 6.39. The van der Waals surface area contributed by atoms with E-state index in [0.717, 1.165) is 37.1 Å². The van der Waals surface area contributed by atoms with Crippen molar-refractivity contribution < 1.29 is 9.21 Å². The highest BCUT2D eigenvalue weighted by Gasteiger charge is 2.21. The number of piperidine rings is 1. The number of hydrogen-bond donors (Lipinski definition) is 0. The van der Waals surface area contributed by atoms with Gasteiger partial charge in [-0.3, -0.25) is 4.90 Å². The second-order valence-corrected chi connectivity index (χ2v) is 5.70. The summed E-state index contributed by atoms with van der Waals surface area (Å²) in [5, 5.41) is 10.1. The molecule has 2 aromatic rings. The number of hydrogen-bond acceptors (Lipinski definition) is 6. The Bertz CT molecular complexity index is 538. The normalized spacial score (nSPS) is 20.5. The Balaban J connectivity index is 1.65. The summed E-state index contributed by atoms with van der Waals surface area (Å²) in [6, 6.07) is 3.93. The number of rotatable bonds is 4. The summed E-state index contributed by atoms with van der Waals surface area (Å²) < 4.78 is 5.66. The topological polar surface area (TPSA) is 59.2 Å². The fourth-order valence-electron chi connectivity index (χ4n) is 2.35. The average molecular weight is 277 g/mol. The standard InChI is InChI=1S/C13H15N3O2S/c17-9-10-3-1-5-16(7-10)8-12-14-15-13(18-12)11-4-2-6-19-11/h2,4,6,9-10H,1,3,5,7-8H2. The van der Waals surface area contributed by atoms with Crippen LogP contribution in [0.5, 0.6) is 0 Å². The Morgan fingerprint density at radius 2 is 2.47 bits per heavy atom. The van der Waals surface area contributed by atoms with Crippen LogP contribution in [0.2, 0.25) is 0 Å². The van der Waals surface area contributed by atoms with E-state index in [9.17, 15) is 4.79 Å². The van der Waals surface area contributed by atoms with Gasteiger partial charge in [-0.2, -0.15) is 0 Å². The van der Waals surface area contributed by atoms with E-state index in [0.29, 0.717) is 18.3 Å². The van der Waals surface area contributed by atoms with E-state index in [1.165, 1.54) is 0 Å². The number of nitrogens with zero attached hydrogens (tertiary/aromatic N) is 3. The Hall–Kier alpha value is -1.53. The molecule has 3 heterocycles. The Morgan fingerprint density at radius 3 is 3.26 bits per heavy atom. The maximum Gasteiger partial charge on any atom is 0.257 e. The van der Waals surface area contributed by atoms with Gasteiger partial charge in [-0.1, -0.05) is 6.07 Å². The highest BCUT2D eigenvalue weighted by molar-refractivity contribution is 7.13. The van der Waals surface area contributed by atoms with Crippen LogP contribution in [-0.2, 0) is 11.3 Å². The molecule has 2 aromatic heterocycles. The predicted octanol–water partition coefficient (Wildman–Crippen LogP) is 2.21. The molecule has 0 spiro atoms. The van der Waals surface area contributed by atoms with Gasteiger partial charge < -0.3 is 9.21 Å². The van der Waals surface area contributed by atoms with Crippen LogP contribution >= 0.6 is 11.3 Å². The van der Waals surface area contributed by atoms with Gasteiger partial charge in [0, 0.05) is 12.5 Å². The third-order valence-electron chi connectivity index (χ3n) is 3.29. The van der Waals surface area contributed by atoms with Crippen molar-refractivity contribution in [1.82, 2.24) is 15.1 Å². The van der Waals surface area contributed by atoms with Gasteiger partial charge in [0.1, 0.15) is 6.29 Å². The van der Waals surface area contributed by atoms with E-state index in [-0.39, 0.29) is 5.92 Å². The average Bonchev–Trinajstić information content (AvgIpc) is 3.09. The molecule has 5 nitrogen and oxygen atoms in total. The van der Waals surface area contributed by atoms with Gasteiger partial charge in [-0.25, -0.2) is 0 Å². The van der Waals surface area contributed by atoms with Gasteiger partial charge in [0.2, 0.25) is 5.89 Å². The van der Waals surface area contributed by atoms with E-state index in [1.54, 1.807) is 11.3 Å². The summed E-state index contributed by atoms with van der Waals surface area (Å²) >= 11 is 1.58. The lowest BCUT2D eigenvalue weighted by atomic mass is 10.00. The number of carbonyl (C=O) groups is 1. The third kappa shape index (κ3) is 2.90. The molecule has 0 aliphatic carbocycles. The second-order valence-electron chi connectivity index (χ2n) is 4.75. The molecule has 0 amide bonds. The number of carbonyl (C=O) groups excluding carboxylic acids is 1. The van der Waals surface area contributed by atoms with Crippen molar-refractivity contribution in [2.45, 2.75) is 19.4 Å². The SMILES string of the molecule is O=CC1CCCN(Cc2nnc(-c3cccs3)o2)C1. The fourth-order valence-corrected chi connectivity index (χ4v) is 3.00. The minimum absolute atomic E-state index is 0.147. The van der Waals surface area contributed by atoms with E-state index in [4.69, 9.17) is 4.42 Å². The first-order chi connectivity index (χ1) is 9.35. The minimum atomic E-state index is 0.147. The lowest BCUT2D eigenvalue weighted by molar-refractivity contribution is -0.112. The van der Waals surface area contributed by atoms with Gasteiger partial charge in [-0.15, -0.1) is 21.5 Å². The van der Waals surface area contributed by atoms with Crippen LogP contribution in [0.15, 0.2) is 21.9 Å². The molecule has 0 bridgehead atoms. The van der Waals surface area contributed by atoms with Crippen LogP contribution in [-0.4, -0.2) is 34.5 Å². The minimum Gasteiger partial charge on any atom is -0.419 e. The van der Waals surface area contributed by atoms with Crippen molar-refractivity contribution in [3.63, 3.8) is 0 Å². The van der Waals surface area contributed by atoms with E-state index in [2.05, 4.69) is 15.1 Å². The summed E-state index contributed by atoms with van der Waals surface area (Å²) in [5.41, 5.74) is 0. The molecule has 1 saturated heterocycles. The Kier molecular flexibility index (Phi) is 3.70. The van der Waals surface area contributed by atoms with E-state index in [1.807, 2.05) is 17.5 Å². The monoisotopic (exact) mass is 277 g/mol. The maximum atomic E-state index is 10.8. The quantitative estimate of drug-likeness (QED) is 0.802. The Morgan fingerprint density at radius 1 is 1.53 bits per heavy atom. The van der Waals surface area contributed by atoms with Gasteiger partial charge in [0.15, 0.2) is 0 Å². The van der Waals surface area contributed by atoms with Gasteiger partial charge in [0.25, 0.3) is 5.89 Å². The molecular weight excluding hydrogens is 262 g/mol. The number of likely N-dealkylation sites (tertiary alicyclic amines) is 1. The molecule has 1 atom stereocenters. The second kappa shape index (κ2) is 5.63. The molecule has 0 saturated carbocycles. The lowest BCUT2D eigenvalue weighted by Crippen LogP contribution is -2.35. The number of aldehydes is 1. The molecule has 1 aliphatic rings. The molecule has 3 rings (SSSR count). The highest BCUT2D eigenvalue weighted by atomic mass is 32.1. The van der Waals surface area contributed by atoms with Gasteiger partial charge >= 0.3 is 0 Å². The molecule has 0 aromatic carbocycles. The van der Waals surface area contributed by atoms with Crippen LogP contribution < -0.4 is 0 Å². The van der Waals surface area contributed by atoms with Crippen molar-refractivity contribution in [1.29, 1.82) is 0 Å². The highest BCUT2D eigenvalue weighted by Crippen LogP contribution is 2.24. The molecular formula is C13H15N3O2S. The number of thiophene rings is 1. The van der Waals surface area contributed by atoms with Crippen molar-refractivity contribution in [2.24, 2.45) is 5.92 Å². The molecule has 19 heavy (non-hydrogen) atoms. The van der Waals surface area contributed by atoms with Crippen LogP contribution in [0.3, 0.4) is 0 Å². The van der Waals surface area contributed by atoms with E-state index < -0.39 is 0 Å². The smallest absolute Gasteiger partial charge is 0.257 e. The van der Waals surface area contributed by atoms with Crippen molar-refractivity contribution in [3.05, 3.63) is 23.4 Å². The molecule has 1 unspecified atom stereocenters. The summed E-state index contributed by atoms with van der Waals surface area (Å²) in [6.45, 7) is 2.41. The van der Waals surface area contributed by atoms with Gasteiger partial charge in [0.05, 0.1) is 11.4 Å². The zero-order chi connectivity index (χ0) is 13.1. The first kappa shape index (κ1) is 12.5. The summed E-state index contributed by atoms with van der Waals surface area (Å²) in [4.78, 5) is 14.0. The zero-order valence-electron chi connectivity index (χ0n) is 10.5. The summed E-state index contributed by atoms with van der Waals surface area (Å²) in [7, 11) is 0. The fraction of sp³-hybridized carbons (Fsp3) is 0.462. The molecule has 0 radical (unpaired) electrons. The van der Waals surface area contributed by atoms with Crippen molar-refractivity contribution >= 4 is 17.6 Å². The van der Waals surface area contributed by atoms with Crippen molar-refractivity contribution in [2.75, 3.05) is 13.1 Å². The Labute approximate surface area is 115 Å². The molecule has 0 N–H and O–H groups in total. The predicted molar refractivity (Wildman–Crippen MR) is 71.7 cm³/mol. The van der Waals surface area contributed by atoms with Crippen LogP contribution in [0, 0.1) is 5.92 Å². The van der Waals surface area contributed by atoms with Crippen LogP contribution in [0.4, 0.5) is 0 Å². The van der Waals surface area contributed by atoms with Crippen LogP contribution in [0.25, 0.3) is 10.8 Å². The third-order valence-corrected chi connectivity index (χ3v) is 4.15. The lowest BCUT2D eigenvalue weighted by Gasteiger charge is -2.28. The summed E-state index contributed by atoms with van der Waals surface area (Å²) in [6.07, 6.45) is 3.09. The molecule has 100 valence electrons. The molecule has 1 fully saturated rings. The zero-order valence-corrected chi connectivity index (χ0v) is 11.3. The largest absolute Gasteiger partial charge is 0.419 e. The van der Waals surface area contributed by atoms with Crippen LogP contribution in [0.1, 0.15) is 18.7 Å². The molecule has 1 aliphatic heterocycles. The van der Waals surface area contributed by atoms with Gasteiger partial charge in [-0.05, 0) is 30.8 Å².